The molecule has 2 aliphatic rings. The Morgan fingerprint density at radius 3 is 2.71 bits per heavy atom. The number of ether oxygens (including phenoxy) is 2. The summed E-state index contributed by atoms with van der Waals surface area (Å²) in [5, 5.41) is 11.9. The Labute approximate surface area is 197 Å². The van der Waals surface area contributed by atoms with Gasteiger partial charge < -0.3 is 25.2 Å². The van der Waals surface area contributed by atoms with Gasteiger partial charge in [-0.05, 0) is 43.2 Å². The molecule has 2 aromatic heterocycles. The molecule has 2 aliphatic heterocycles. The molecule has 4 aromatic rings. The lowest BCUT2D eigenvalue weighted by Crippen LogP contribution is -2.44. The van der Waals surface area contributed by atoms with Crippen LogP contribution in [-0.2, 0) is 4.74 Å². The van der Waals surface area contributed by atoms with Crippen LogP contribution in [0.25, 0.3) is 27.8 Å². The van der Waals surface area contributed by atoms with Gasteiger partial charge in [0, 0.05) is 29.9 Å². The summed E-state index contributed by atoms with van der Waals surface area (Å²) in [4.78, 5) is 11.9. The minimum absolute atomic E-state index is 0.00704. The van der Waals surface area contributed by atoms with E-state index >= 15 is 0 Å². The summed E-state index contributed by atoms with van der Waals surface area (Å²) in [7, 11) is 0. The first-order valence-corrected chi connectivity index (χ1v) is 11.8. The molecule has 6 rings (SSSR count). The van der Waals surface area contributed by atoms with Crippen molar-refractivity contribution in [3.8, 4) is 17.3 Å². The smallest absolute Gasteiger partial charge is 0.186 e. The Hall–Kier alpha value is -3.36. The number of para-hydroxylation sites is 1. The number of rotatable bonds is 5. The van der Waals surface area contributed by atoms with Crippen molar-refractivity contribution >= 4 is 27.6 Å². The molecule has 3 N–H and O–H groups in total. The van der Waals surface area contributed by atoms with Gasteiger partial charge in [0.05, 0.1) is 36.5 Å². The molecule has 0 radical (unpaired) electrons. The Morgan fingerprint density at radius 1 is 1.12 bits per heavy atom. The third kappa shape index (κ3) is 3.63. The van der Waals surface area contributed by atoms with Gasteiger partial charge in [0.15, 0.2) is 11.5 Å². The fourth-order valence-electron chi connectivity index (χ4n) is 4.79. The normalized spacial score (nSPS) is 18.4. The number of phenols is 1. The molecule has 2 aromatic carbocycles. The second-order valence-electron chi connectivity index (χ2n) is 9.83. The van der Waals surface area contributed by atoms with Gasteiger partial charge in [-0.2, -0.15) is 0 Å². The van der Waals surface area contributed by atoms with Crippen LogP contribution in [0.15, 0.2) is 48.8 Å². The largest absolute Gasteiger partial charge is 0.503 e. The fraction of sp³-hybridized carbons (Fsp3) is 0.385. The average molecular weight is 460 g/mol. The molecule has 176 valence electrons. The summed E-state index contributed by atoms with van der Waals surface area (Å²) in [5.41, 5.74) is 9.46. The number of phenolic OH excluding ortho intramolecular Hbond substituents is 1. The first-order valence-electron chi connectivity index (χ1n) is 11.8. The number of anilines is 1. The number of benzene rings is 2. The van der Waals surface area contributed by atoms with Crippen LogP contribution in [0.2, 0.25) is 0 Å². The van der Waals surface area contributed by atoms with Crippen LogP contribution in [0.3, 0.4) is 0 Å². The van der Waals surface area contributed by atoms with Crippen molar-refractivity contribution in [3.63, 3.8) is 0 Å². The maximum atomic E-state index is 10.8. The van der Waals surface area contributed by atoms with Crippen LogP contribution in [-0.4, -0.2) is 58.6 Å². The van der Waals surface area contributed by atoms with Gasteiger partial charge in [-0.1, -0.05) is 19.1 Å². The maximum absolute atomic E-state index is 10.8. The van der Waals surface area contributed by atoms with Crippen molar-refractivity contribution in [2.24, 2.45) is 11.1 Å². The Morgan fingerprint density at radius 2 is 1.94 bits per heavy atom. The first kappa shape index (κ1) is 21.2. The SMILES string of the molecule is CC1(COc2ccc3c(ncn3-c3ccc4cccc(N5CCC(N)CC5)c4n3)c2O)COC1. The standard InChI is InChI=1S/C26H29N5O3/c1-26(13-33-14-26)15-34-21-7-6-20-24(25(21)32)28-16-31(20)22-8-5-17-3-2-4-19(23(17)29-22)30-11-9-18(27)10-12-30/h2-8,16,18,32H,9-15,27H2,1H3. The quantitative estimate of drug-likeness (QED) is 0.470. The highest BCUT2D eigenvalue weighted by molar-refractivity contribution is 5.92. The first-order chi connectivity index (χ1) is 16.5. The van der Waals surface area contributed by atoms with E-state index in [2.05, 4.69) is 41.1 Å². The van der Waals surface area contributed by atoms with E-state index in [-0.39, 0.29) is 17.2 Å². The molecule has 0 atom stereocenters. The topological polar surface area (TPSA) is 98.7 Å². The molecular formula is C26H29N5O3. The minimum atomic E-state index is -0.00704. The zero-order valence-corrected chi connectivity index (χ0v) is 19.3. The number of nitrogens with two attached hydrogens (primary N) is 1. The zero-order valence-electron chi connectivity index (χ0n) is 19.3. The molecule has 0 unspecified atom stereocenters. The number of hydrogen-bond acceptors (Lipinski definition) is 7. The predicted molar refractivity (Wildman–Crippen MR) is 132 cm³/mol. The van der Waals surface area contributed by atoms with E-state index in [4.69, 9.17) is 20.2 Å². The highest BCUT2D eigenvalue weighted by Gasteiger charge is 2.34. The van der Waals surface area contributed by atoms with Gasteiger partial charge in [0.25, 0.3) is 0 Å². The van der Waals surface area contributed by atoms with Crippen molar-refractivity contribution in [2.45, 2.75) is 25.8 Å². The molecule has 34 heavy (non-hydrogen) atoms. The van der Waals surface area contributed by atoms with Crippen molar-refractivity contribution in [3.05, 3.63) is 48.8 Å². The zero-order chi connectivity index (χ0) is 23.3. The molecule has 0 aliphatic carbocycles. The second kappa shape index (κ2) is 8.14. The minimum Gasteiger partial charge on any atom is -0.503 e. The summed E-state index contributed by atoms with van der Waals surface area (Å²) in [6.45, 7) is 5.81. The average Bonchev–Trinajstić information content (AvgIpc) is 3.27. The number of pyridine rings is 1. The number of aromatic nitrogens is 3. The van der Waals surface area contributed by atoms with E-state index in [9.17, 15) is 5.11 Å². The van der Waals surface area contributed by atoms with Crippen LogP contribution in [0.1, 0.15) is 19.8 Å². The van der Waals surface area contributed by atoms with Gasteiger partial charge in [-0.3, -0.25) is 4.57 Å². The Balaban J connectivity index is 1.35. The predicted octanol–water partition coefficient (Wildman–Crippen LogP) is 3.62. The monoisotopic (exact) mass is 459 g/mol. The van der Waals surface area contributed by atoms with Gasteiger partial charge in [-0.15, -0.1) is 0 Å². The summed E-state index contributed by atoms with van der Waals surface area (Å²) in [6, 6.07) is 14.3. The van der Waals surface area contributed by atoms with Crippen molar-refractivity contribution in [1.82, 2.24) is 14.5 Å². The highest BCUT2D eigenvalue weighted by atomic mass is 16.5. The van der Waals surface area contributed by atoms with Gasteiger partial charge in [0.1, 0.15) is 17.7 Å². The lowest BCUT2D eigenvalue weighted by molar-refractivity contribution is -0.120. The Bertz CT molecular complexity index is 1360. The molecule has 2 fully saturated rings. The molecular weight excluding hydrogens is 430 g/mol. The van der Waals surface area contributed by atoms with Crippen LogP contribution in [0, 0.1) is 5.41 Å². The molecule has 8 heteroatoms. The van der Waals surface area contributed by atoms with Crippen LogP contribution >= 0.6 is 0 Å². The third-order valence-corrected chi connectivity index (χ3v) is 6.94. The van der Waals surface area contributed by atoms with Crippen molar-refractivity contribution in [2.75, 3.05) is 37.8 Å². The summed E-state index contributed by atoms with van der Waals surface area (Å²) in [6.07, 6.45) is 3.67. The number of imidazole rings is 1. The van der Waals surface area contributed by atoms with E-state index in [1.807, 2.05) is 16.7 Å². The molecule has 0 saturated carbocycles. The number of piperidine rings is 1. The molecule has 0 spiro atoms. The van der Waals surface area contributed by atoms with Crippen molar-refractivity contribution in [1.29, 1.82) is 0 Å². The molecule has 2 saturated heterocycles. The molecule has 0 amide bonds. The molecule has 4 heterocycles. The van der Waals surface area contributed by atoms with Gasteiger partial charge in [0.2, 0.25) is 0 Å². The van der Waals surface area contributed by atoms with E-state index in [0.29, 0.717) is 31.1 Å². The van der Waals surface area contributed by atoms with E-state index in [1.54, 1.807) is 12.4 Å². The van der Waals surface area contributed by atoms with Crippen LogP contribution in [0.5, 0.6) is 11.5 Å². The van der Waals surface area contributed by atoms with E-state index in [1.165, 1.54) is 0 Å². The van der Waals surface area contributed by atoms with E-state index < -0.39 is 0 Å². The fourth-order valence-corrected chi connectivity index (χ4v) is 4.79. The van der Waals surface area contributed by atoms with Crippen LogP contribution < -0.4 is 15.4 Å². The van der Waals surface area contributed by atoms with E-state index in [0.717, 1.165) is 53.9 Å². The number of aromatic hydroxyl groups is 1. The maximum Gasteiger partial charge on any atom is 0.186 e. The number of hydrogen-bond donors (Lipinski definition) is 2. The highest BCUT2D eigenvalue weighted by Crippen LogP contribution is 2.37. The lowest BCUT2D eigenvalue weighted by atomic mass is 9.90. The summed E-state index contributed by atoms with van der Waals surface area (Å²) < 4.78 is 13.1. The summed E-state index contributed by atoms with van der Waals surface area (Å²) in [5.74, 6) is 1.23. The number of nitrogens with zero attached hydrogens (tertiary/aromatic N) is 4. The second-order valence-corrected chi connectivity index (χ2v) is 9.83. The molecule has 8 nitrogen and oxygen atoms in total. The Kier molecular flexibility index (Phi) is 5.08. The summed E-state index contributed by atoms with van der Waals surface area (Å²) >= 11 is 0. The molecule has 0 bridgehead atoms. The van der Waals surface area contributed by atoms with Crippen molar-refractivity contribution < 1.29 is 14.6 Å². The van der Waals surface area contributed by atoms with Gasteiger partial charge >= 0.3 is 0 Å². The van der Waals surface area contributed by atoms with Gasteiger partial charge in [-0.25, -0.2) is 9.97 Å². The lowest BCUT2D eigenvalue weighted by Gasteiger charge is -2.37. The third-order valence-electron chi connectivity index (χ3n) is 6.94. The number of fused-ring (bicyclic) bond motifs is 2. The van der Waals surface area contributed by atoms with Crippen LogP contribution in [0.4, 0.5) is 5.69 Å².